The Labute approximate surface area is 80.1 Å². The Balaban J connectivity index is 2.84. The lowest BCUT2D eigenvalue weighted by Gasteiger charge is -2.00. The number of nitro groups is 1. The summed E-state index contributed by atoms with van der Waals surface area (Å²) < 4.78 is 13.1. The molecular formula is C9H10FNO3. The zero-order valence-corrected chi connectivity index (χ0v) is 7.44. The maximum atomic E-state index is 13.1. The number of halogens is 1. The quantitative estimate of drug-likeness (QED) is 0.592. The van der Waals surface area contributed by atoms with Crippen molar-refractivity contribution < 1.29 is 14.4 Å². The molecule has 14 heavy (non-hydrogen) atoms. The summed E-state index contributed by atoms with van der Waals surface area (Å²) in [6.07, 6.45) is 0.842. The van der Waals surface area contributed by atoms with E-state index in [1.165, 1.54) is 12.1 Å². The van der Waals surface area contributed by atoms with Gasteiger partial charge in [-0.15, -0.1) is 0 Å². The van der Waals surface area contributed by atoms with Crippen LogP contribution in [0.25, 0.3) is 0 Å². The van der Waals surface area contributed by atoms with Crippen LogP contribution in [-0.4, -0.2) is 16.6 Å². The van der Waals surface area contributed by atoms with Crippen LogP contribution in [0.3, 0.4) is 0 Å². The summed E-state index contributed by atoms with van der Waals surface area (Å²) in [4.78, 5) is 9.64. The highest BCUT2D eigenvalue weighted by atomic mass is 19.1. The molecule has 76 valence electrons. The molecule has 0 radical (unpaired) electrons. The van der Waals surface area contributed by atoms with E-state index in [4.69, 9.17) is 5.11 Å². The monoisotopic (exact) mass is 199 g/mol. The fourth-order valence-electron chi connectivity index (χ4n) is 1.12. The molecule has 1 aromatic carbocycles. The van der Waals surface area contributed by atoms with E-state index in [1.54, 1.807) is 0 Å². The molecule has 0 aromatic heterocycles. The van der Waals surface area contributed by atoms with Gasteiger partial charge in [0.15, 0.2) is 0 Å². The number of rotatable bonds is 4. The van der Waals surface area contributed by atoms with Crippen molar-refractivity contribution in [2.24, 2.45) is 0 Å². The van der Waals surface area contributed by atoms with Gasteiger partial charge >= 0.3 is 0 Å². The first-order valence-electron chi connectivity index (χ1n) is 4.19. The molecule has 0 spiro atoms. The Morgan fingerprint density at radius 3 is 2.71 bits per heavy atom. The third-order valence-electron chi connectivity index (χ3n) is 1.85. The summed E-state index contributed by atoms with van der Waals surface area (Å²) >= 11 is 0. The Bertz CT molecular complexity index is 341. The fourth-order valence-corrected chi connectivity index (χ4v) is 1.12. The minimum atomic E-state index is -0.640. The van der Waals surface area contributed by atoms with Crippen molar-refractivity contribution in [3.8, 4) is 0 Å². The summed E-state index contributed by atoms with van der Waals surface area (Å²) in [5.74, 6) is -0.590. The van der Waals surface area contributed by atoms with Crippen molar-refractivity contribution in [3.05, 3.63) is 39.7 Å². The van der Waals surface area contributed by atoms with Crippen LogP contribution in [0.15, 0.2) is 18.2 Å². The second-order valence-electron chi connectivity index (χ2n) is 2.86. The minimum Gasteiger partial charge on any atom is -0.396 e. The van der Waals surface area contributed by atoms with Crippen molar-refractivity contribution in [2.75, 3.05) is 6.61 Å². The van der Waals surface area contributed by atoms with Gasteiger partial charge in [0.05, 0.1) is 11.0 Å². The molecule has 0 fully saturated rings. The van der Waals surface area contributed by atoms with Crippen LogP contribution in [0.1, 0.15) is 12.0 Å². The topological polar surface area (TPSA) is 63.4 Å². The van der Waals surface area contributed by atoms with Crippen LogP contribution < -0.4 is 0 Å². The lowest BCUT2D eigenvalue weighted by molar-refractivity contribution is -0.385. The molecule has 0 unspecified atom stereocenters. The molecule has 4 nitrogen and oxygen atoms in total. The van der Waals surface area contributed by atoms with Crippen molar-refractivity contribution >= 4 is 5.69 Å². The van der Waals surface area contributed by atoms with E-state index in [2.05, 4.69) is 0 Å². The number of nitrogens with zero attached hydrogens (tertiary/aromatic N) is 1. The van der Waals surface area contributed by atoms with Gasteiger partial charge in [0.1, 0.15) is 5.82 Å². The fraction of sp³-hybridized carbons (Fsp3) is 0.333. The molecule has 1 aromatic rings. The average Bonchev–Trinajstić information content (AvgIpc) is 2.15. The first kappa shape index (κ1) is 10.6. The number of benzene rings is 1. The molecule has 0 saturated carbocycles. The van der Waals surface area contributed by atoms with Crippen LogP contribution in [0.5, 0.6) is 0 Å². The second-order valence-corrected chi connectivity index (χ2v) is 2.86. The molecule has 0 aliphatic heterocycles. The SMILES string of the molecule is O=[N+]([O-])c1ccc(CCCO)c(F)c1. The molecule has 1 N–H and O–H groups in total. The minimum absolute atomic E-state index is 0.0174. The predicted octanol–water partition coefficient (Wildman–Crippen LogP) is 1.66. The van der Waals surface area contributed by atoms with E-state index in [0.29, 0.717) is 18.4 Å². The summed E-state index contributed by atoms with van der Waals surface area (Å²) in [5.41, 5.74) is 0.139. The van der Waals surface area contributed by atoms with Crippen LogP contribution >= 0.6 is 0 Å². The van der Waals surface area contributed by atoms with Gasteiger partial charge in [0.25, 0.3) is 5.69 Å². The van der Waals surface area contributed by atoms with Crippen LogP contribution in [0.2, 0.25) is 0 Å². The molecule has 0 aliphatic carbocycles. The van der Waals surface area contributed by atoms with Crippen molar-refractivity contribution in [2.45, 2.75) is 12.8 Å². The van der Waals surface area contributed by atoms with Crippen LogP contribution in [-0.2, 0) is 6.42 Å². The van der Waals surface area contributed by atoms with E-state index in [1.807, 2.05) is 0 Å². The van der Waals surface area contributed by atoms with E-state index in [-0.39, 0.29) is 12.3 Å². The lowest BCUT2D eigenvalue weighted by atomic mass is 10.1. The largest absolute Gasteiger partial charge is 0.396 e. The summed E-state index contributed by atoms with van der Waals surface area (Å²) in [6.45, 7) is -0.0174. The van der Waals surface area contributed by atoms with E-state index < -0.39 is 10.7 Å². The van der Waals surface area contributed by atoms with Gasteiger partial charge in [-0.1, -0.05) is 0 Å². The van der Waals surface area contributed by atoms with Crippen LogP contribution in [0, 0.1) is 15.9 Å². The zero-order valence-electron chi connectivity index (χ0n) is 7.44. The van der Waals surface area contributed by atoms with E-state index >= 15 is 0 Å². The van der Waals surface area contributed by atoms with Gasteiger partial charge < -0.3 is 5.11 Å². The van der Waals surface area contributed by atoms with Gasteiger partial charge in [-0.2, -0.15) is 0 Å². The number of hydrogen-bond acceptors (Lipinski definition) is 3. The lowest BCUT2D eigenvalue weighted by Crippen LogP contribution is -1.95. The van der Waals surface area contributed by atoms with Gasteiger partial charge in [0, 0.05) is 12.7 Å². The molecule has 1 rings (SSSR count). The van der Waals surface area contributed by atoms with Gasteiger partial charge in [-0.05, 0) is 24.5 Å². The molecule has 0 heterocycles. The highest BCUT2D eigenvalue weighted by Gasteiger charge is 2.09. The normalized spacial score (nSPS) is 10.1. The van der Waals surface area contributed by atoms with Crippen LogP contribution in [0.4, 0.5) is 10.1 Å². The highest BCUT2D eigenvalue weighted by Crippen LogP contribution is 2.17. The Morgan fingerprint density at radius 1 is 1.50 bits per heavy atom. The number of hydrogen-bond donors (Lipinski definition) is 1. The number of aryl methyl sites for hydroxylation is 1. The molecule has 0 bridgehead atoms. The number of aliphatic hydroxyl groups is 1. The highest BCUT2D eigenvalue weighted by molar-refractivity contribution is 5.34. The first-order valence-corrected chi connectivity index (χ1v) is 4.19. The van der Waals surface area contributed by atoms with Gasteiger partial charge in [-0.3, -0.25) is 10.1 Å². The third-order valence-corrected chi connectivity index (χ3v) is 1.85. The van der Waals surface area contributed by atoms with E-state index in [9.17, 15) is 14.5 Å². The standard InChI is InChI=1S/C9H10FNO3/c10-9-6-8(11(13)14)4-3-7(9)2-1-5-12/h3-4,6,12H,1-2,5H2. The second kappa shape index (κ2) is 4.66. The smallest absolute Gasteiger partial charge is 0.272 e. The molecule has 5 heteroatoms. The Morgan fingerprint density at radius 2 is 2.21 bits per heavy atom. The van der Waals surface area contributed by atoms with Crippen molar-refractivity contribution in [1.29, 1.82) is 0 Å². The Hall–Kier alpha value is -1.49. The summed E-state index contributed by atoms with van der Waals surface area (Å²) in [7, 11) is 0. The third kappa shape index (κ3) is 2.50. The molecule has 0 atom stereocenters. The number of aliphatic hydroxyl groups excluding tert-OH is 1. The summed E-state index contributed by atoms with van der Waals surface area (Å²) in [6, 6.07) is 3.53. The molecular weight excluding hydrogens is 189 g/mol. The molecule has 0 aliphatic rings. The van der Waals surface area contributed by atoms with Gasteiger partial charge in [-0.25, -0.2) is 4.39 Å². The number of nitro benzene ring substituents is 1. The Kier molecular flexibility index (Phi) is 3.53. The molecule has 0 saturated heterocycles. The first-order chi connectivity index (χ1) is 6.65. The van der Waals surface area contributed by atoms with Gasteiger partial charge in [0.2, 0.25) is 0 Å². The predicted molar refractivity (Wildman–Crippen MR) is 48.5 cm³/mol. The van der Waals surface area contributed by atoms with Crippen molar-refractivity contribution in [3.63, 3.8) is 0 Å². The molecule has 0 amide bonds. The zero-order chi connectivity index (χ0) is 10.6. The average molecular weight is 199 g/mol. The number of non-ortho nitro benzene ring substituents is 1. The van der Waals surface area contributed by atoms with Crippen molar-refractivity contribution in [1.82, 2.24) is 0 Å². The summed E-state index contributed by atoms with van der Waals surface area (Å²) in [5, 5.41) is 18.8. The maximum Gasteiger partial charge on any atom is 0.272 e. The van der Waals surface area contributed by atoms with E-state index in [0.717, 1.165) is 6.07 Å². The maximum absolute atomic E-state index is 13.1.